The van der Waals surface area contributed by atoms with E-state index in [2.05, 4.69) is 25.7 Å². The zero-order valence-corrected chi connectivity index (χ0v) is 12.8. The van der Waals surface area contributed by atoms with Gasteiger partial charge in [-0.25, -0.2) is 4.39 Å². The molecule has 0 aromatic heterocycles. The zero-order chi connectivity index (χ0) is 14.4. The SMILES string of the molecule is CCC(C)CN(CC)C(CN)c1ccc(Cl)c(F)c1. The molecule has 0 bridgehead atoms. The second-order valence-corrected chi connectivity index (χ2v) is 5.43. The van der Waals surface area contributed by atoms with Crippen LogP contribution in [0.15, 0.2) is 18.2 Å². The van der Waals surface area contributed by atoms with E-state index in [1.807, 2.05) is 6.07 Å². The largest absolute Gasteiger partial charge is 0.329 e. The molecule has 0 amide bonds. The minimum atomic E-state index is -0.378. The van der Waals surface area contributed by atoms with Crippen molar-refractivity contribution >= 4 is 11.6 Å². The van der Waals surface area contributed by atoms with E-state index < -0.39 is 0 Å². The van der Waals surface area contributed by atoms with E-state index in [0.717, 1.165) is 25.1 Å². The van der Waals surface area contributed by atoms with E-state index >= 15 is 0 Å². The zero-order valence-electron chi connectivity index (χ0n) is 12.0. The Morgan fingerprint density at radius 1 is 1.37 bits per heavy atom. The standard InChI is InChI=1S/C15H24ClFN2/c1-4-11(3)10-19(5-2)15(9-18)12-6-7-13(16)14(17)8-12/h6-8,11,15H,4-5,9-10,18H2,1-3H3. The van der Waals surface area contributed by atoms with Gasteiger partial charge in [0.2, 0.25) is 0 Å². The van der Waals surface area contributed by atoms with Gasteiger partial charge in [-0.2, -0.15) is 0 Å². The van der Waals surface area contributed by atoms with Crippen LogP contribution in [-0.2, 0) is 0 Å². The molecule has 2 atom stereocenters. The molecule has 0 radical (unpaired) electrons. The van der Waals surface area contributed by atoms with Crippen LogP contribution < -0.4 is 5.73 Å². The lowest BCUT2D eigenvalue weighted by molar-refractivity contribution is 0.182. The Morgan fingerprint density at radius 3 is 2.53 bits per heavy atom. The Bertz CT molecular complexity index is 398. The number of nitrogens with two attached hydrogens (primary N) is 1. The Kier molecular flexibility index (Phi) is 6.76. The highest BCUT2D eigenvalue weighted by Crippen LogP contribution is 2.25. The van der Waals surface area contributed by atoms with Gasteiger partial charge in [-0.3, -0.25) is 4.90 Å². The molecule has 0 spiro atoms. The van der Waals surface area contributed by atoms with Gasteiger partial charge in [0.05, 0.1) is 5.02 Å². The maximum Gasteiger partial charge on any atom is 0.142 e. The predicted molar refractivity (Wildman–Crippen MR) is 79.9 cm³/mol. The van der Waals surface area contributed by atoms with Crippen molar-refractivity contribution in [2.24, 2.45) is 11.7 Å². The van der Waals surface area contributed by atoms with Crippen LogP contribution in [0.25, 0.3) is 0 Å². The monoisotopic (exact) mass is 286 g/mol. The quantitative estimate of drug-likeness (QED) is 0.825. The number of hydrogen-bond donors (Lipinski definition) is 1. The first-order chi connectivity index (χ1) is 9.03. The number of hydrogen-bond acceptors (Lipinski definition) is 2. The first-order valence-corrected chi connectivity index (χ1v) is 7.30. The Balaban J connectivity index is 2.93. The minimum Gasteiger partial charge on any atom is -0.329 e. The maximum absolute atomic E-state index is 13.6. The van der Waals surface area contributed by atoms with Crippen LogP contribution in [0.2, 0.25) is 5.02 Å². The van der Waals surface area contributed by atoms with Crippen LogP contribution in [0.5, 0.6) is 0 Å². The summed E-state index contributed by atoms with van der Waals surface area (Å²) in [5.74, 6) is 0.225. The van der Waals surface area contributed by atoms with E-state index in [9.17, 15) is 4.39 Å². The van der Waals surface area contributed by atoms with E-state index in [1.165, 1.54) is 6.07 Å². The summed E-state index contributed by atoms with van der Waals surface area (Å²) in [7, 11) is 0. The summed E-state index contributed by atoms with van der Waals surface area (Å²) in [4.78, 5) is 2.30. The molecule has 4 heteroatoms. The molecule has 2 nitrogen and oxygen atoms in total. The third kappa shape index (κ3) is 4.44. The van der Waals surface area contributed by atoms with Crippen molar-refractivity contribution in [1.82, 2.24) is 4.90 Å². The summed E-state index contributed by atoms with van der Waals surface area (Å²) in [6.45, 7) is 8.86. The normalized spacial score (nSPS) is 14.7. The van der Waals surface area contributed by atoms with Crippen LogP contribution in [0.3, 0.4) is 0 Å². The molecular formula is C15H24ClFN2. The smallest absolute Gasteiger partial charge is 0.142 e. The Morgan fingerprint density at radius 2 is 2.05 bits per heavy atom. The second kappa shape index (κ2) is 7.83. The predicted octanol–water partition coefficient (Wildman–Crippen LogP) is 3.85. The Hall–Kier alpha value is -0.640. The van der Waals surface area contributed by atoms with Gasteiger partial charge in [0.15, 0.2) is 0 Å². The van der Waals surface area contributed by atoms with Gasteiger partial charge in [0, 0.05) is 19.1 Å². The summed E-state index contributed by atoms with van der Waals surface area (Å²) in [5.41, 5.74) is 6.79. The van der Waals surface area contributed by atoms with Gasteiger partial charge >= 0.3 is 0 Å². The van der Waals surface area contributed by atoms with Gasteiger partial charge in [0.1, 0.15) is 5.82 Å². The molecule has 1 rings (SSSR count). The molecule has 0 heterocycles. The average molecular weight is 287 g/mol. The van der Waals surface area contributed by atoms with Gasteiger partial charge in [-0.1, -0.05) is 44.9 Å². The molecule has 0 saturated carbocycles. The Labute approximate surface area is 120 Å². The molecular weight excluding hydrogens is 263 g/mol. The lowest BCUT2D eigenvalue weighted by Gasteiger charge is -2.32. The molecule has 1 aromatic carbocycles. The highest BCUT2D eigenvalue weighted by molar-refractivity contribution is 6.30. The first kappa shape index (κ1) is 16.4. The lowest BCUT2D eigenvalue weighted by Crippen LogP contribution is -2.36. The minimum absolute atomic E-state index is 0.0470. The molecule has 0 fully saturated rings. The van der Waals surface area contributed by atoms with Crippen molar-refractivity contribution in [2.75, 3.05) is 19.6 Å². The molecule has 0 aliphatic carbocycles. The van der Waals surface area contributed by atoms with Crippen LogP contribution in [-0.4, -0.2) is 24.5 Å². The van der Waals surface area contributed by atoms with Crippen LogP contribution in [0.4, 0.5) is 4.39 Å². The van der Waals surface area contributed by atoms with Gasteiger partial charge < -0.3 is 5.73 Å². The molecule has 19 heavy (non-hydrogen) atoms. The van der Waals surface area contributed by atoms with Crippen molar-refractivity contribution in [1.29, 1.82) is 0 Å². The maximum atomic E-state index is 13.6. The number of benzene rings is 1. The fourth-order valence-corrected chi connectivity index (χ4v) is 2.34. The molecule has 1 aromatic rings. The van der Waals surface area contributed by atoms with Crippen molar-refractivity contribution in [2.45, 2.75) is 33.2 Å². The number of rotatable bonds is 7. The van der Waals surface area contributed by atoms with E-state index in [-0.39, 0.29) is 16.9 Å². The van der Waals surface area contributed by atoms with Crippen molar-refractivity contribution in [3.8, 4) is 0 Å². The first-order valence-electron chi connectivity index (χ1n) is 6.92. The topological polar surface area (TPSA) is 29.3 Å². The summed E-state index contributed by atoms with van der Waals surface area (Å²) >= 11 is 5.73. The van der Waals surface area contributed by atoms with Crippen LogP contribution in [0.1, 0.15) is 38.8 Å². The second-order valence-electron chi connectivity index (χ2n) is 5.03. The number of halogens is 2. The van der Waals surface area contributed by atoms with E-state index in [0.29, 0.717) is 12.5 Å². The molecule has 0 aliphatic heterocycles. The average Bonchev–Trinajstić information content (AvgIpc) is 2.41. The van der Waals surface area contributed by atoms with Gasteiger partial charge in [-0.05, 0) is 30.2 Å². The molecule has 0 aliphatic rings. The fourth-order valence-electron chi connectivity index (χ4n) is 2.22. The van der Waals surface area contributed by atoms with E-state index in [1.54, 1.807) is 6.07 Å². The number of likely N-dealkylation sites (N-methyl/N-ethyl adjacent to an activating group) is 1. The van der Waals surface area contributed by atoms with Crippen LogP contribution >= 0.6 is 11.6 Å². The number of nitrogens with zero attached hydrogens (tertiary/aromatic N) is 1. The molecule has 0 saturated heterocycles. The van der Waals surface area contributed by atoms with Crippen molar-refractivity contribution < 1.29 is 4.39 Å². The lowest BCUT2D eigenvalue weighted by atomic mass is 10.0. The van der Waals surface area contributed by atoms with Crippen molar-refractivity contribution in [3.63, 3.8) is 0 Å². The third-order valence-corrected chi connectivity index (χ3v) is 3.95. The highest BCUT2D eigenvalue weighted by atomic mass is 35.5. The van der Waals surface area contributed by atoms with Crippen molar-refractivity contribution in [3.05, 3.63) is 34.6 Å². The molecule has 2 unspecified atom stereocenters. The van der Waals surface area contributed by atoms with Gasteiger partial charge in [0.25, 0.3) is 0 Å². The molecule has 2 N–H and O–H groups in total. The highest BCUT2D eigenvalue weighted by Gasteiger charge is 2.20. The van der Waals surface area contributed by atoms with Crippen LogP contribution in [0, 0.1) is 11.7 Å². The molecule has 108 valence electrons. The van der Waals surface area contributed by atoms with Gasteiger partial charge in [-0.15, -0.1) is 0 Å². The summed E-state index contributed by atoms with van der Waals surface area (Å²) in [6.07, 6.45) is 1.13. The third-order valence-electron chi connectivity index (χ3n) is 3.64. The van der Waals surface area contributed by atoms with E-state index in [4.69, 9.17) is 17.3 Å². The summed E-state index contributed by atoms with van der Waals surface area (Å²) < 4.78 is 13.6. The summed E-state index contributed by atoms with van der Waals surface area (Å²) in [6, 6.07) is 5.01. The fraction of sp³-hybridized carbons (Fsp3) is 0.600. The summed E-state index contributed by atoms with van der Waals surface area (Å²) in [5, 5.41) is 0.157.